The lowest BCUT2D eigenvalue weighted by atomic mass is 10.2. The lowest BCUT2D eigenvalue weighted by Crippen LogP contribution is -2.15. The van der Waals surface area contributed by atoms with Gasteiger partial charge in [-0.25, -0.2) is 0 Å². The van der Waals surface area contributed by atoms with Crippen molar-refractivity contribution in [3.05, 3.63) is 35.9 Å². The normalized spacial score (nSPS) is 10.9. The number of benzene rings is 1. The molecule has 1 N–H and O–H groups in total. The van der Waals surface area contributed by atoms with E-state index in [0.29, 0.717) is 0 Å². The third-order valence-electron chi connectivity index (χ3n) is 1.40. The first-order valence-corrected chi connectivity index (χ1v) is 5.93. The highest BCUT2D eigenvalue weighted by Crippen LogP contribution is 2.04. The smallest absolute Gasteiger partial charge is 0.281 e. The van der Waals surface area contributed by atoms with Crippen molar-refractivity contribution in [2.45, 2.75) is 0 Å². The van der Waals surface area contributed by atoms with Crippen LogP contribution in [0.4, 0.5) is 0 Å². The molecule has 0 spiro atoms. The average molecular weight is 234 g/mol. The van der Waals surface area contributed by atoms with Crippen LogP contribution in [0.2, 0.25) is 0 Å². The van der Waals surface area contributed by atoms with Gasteiger partial charge >= 0.3 is 10.1 Å². The largest absolute Gasteiger partial charge is 0.310 e. The summed E-state index contributed by atoms with van der Waals surface area (Å²) in [5.74, 6) is 0. The van der Waals surface area contributed by atoms with Crippen LogP contribution >= 0.6 is 0 Å². The van der Waals surface area contributed by atoms with Crippen molar-refractivity contribution in [3.63, 3.8) is 0 Å². The first-order valence-electron chi connectivity index (χ1n) is 3.42. The standard InChI is InChI=1S/C7H6O5S2/c8-13(9)7(14(10,11)12)6-4-2-1-3-5-6/h1-5H,(H,10,11,12). The number of rotatable bonds is 1. The Kier molecular flexibility index (Phi) is 3.04. The lowest BCUT2D eigenvalue weighted by molar-refractivity contribution is 0.499. The molecule has 5 nitrogen and oxygen atoms in total. The van der Waals surface area contributed by atoms with Gasteiger partial charge in [0.1, 0.15) is 0 Å². The molecule has 0 aliphatic heterocycles. The lowest BCUT2D eigenvalue weighted by Gasteiger charge is -1.97. The maximum atomic E-state index is 10.7. The van der Waals surface area contributed by atoms with Crippen molar-refractivity contribution in [3.8, 4) is 0 Å². The van der Waals surface area contributed by atoms with Crippen LogP contribution in [0, 0.1) is 0 Å². The topological polar surface area (TPSA) is 88.5 Å². The fraction of sp³-hybridized carbons (Fsp3) is 0. The first-order chi connectivity index (χ1) is 6.43. The van der Waals surface area contributed by atoms with Crippen molar-refractivity contribution in [1.82, 2.24) is 0 Å². The molecular weight excluding hydrogens is 228 g/mol. The van der Waals surface area contributed by atoms with E-state index in [4.69, 9.17) is 4.55 Å². The van der Waals surface area contributed by atoms with Crippen molar-refractivity contribution in [1.29, 1.82) is 0 Å². The summed E-state index contributed by atoms with van der Waals surface area (Å²) in [6.45, 7) is 0. The highest BCUT2D eigenvalue weighted by molar-refractivity contribution is 8.12. The minimum atomic E-state index is -4.71. The Balaban J connectivity index is 3.56. The molecule has 0 heterocycles. The van der Waals surface area contributed by atoms with Gasteiger partial charge in [-0.1, -0.05) is 30.3 Å². The molecule has 0 fully saturated rings. The average Bonchev–Trinajstić information content (AvgIpc) is 2.02. The quantitative estimate of drug-likeness (QED) is 0.543. The van der Waals surface area contributed by atoms with Crippen LogP contribution < -0.4 is 0 Å². The molecule has 14 heavy (non-hydrogen) atoms. The van der Waals surface area contributed by atoms with E-state index < -0.39 is 24.6 Å². The second kappa shape index (κ2) is 3.91. The Morgan fingerprint density at radius 3 is 2.00 bits per heavy atom. The van der Waals surface area contributed by atoms with Crippen LogP contribution in [0.5, 0.6) is 0 Å². The Hall–Kier alpha value is -1.18. The van der Waals surface area contributed by atoms with E-state index in [0.717, 1.165) is 0 Å². The predicted octanol–water partition coefficient (Wildman–Crippen LogP) is -0.0685. The zero-order valence-electron chi connectivity index (χ0n) is 6.78. The monoisotopic (exact) mass is 234 g/mol. The van der Waals surface area contributed by atoms with Gasteiger partial charge in [0.15, 0.2) is 0 Å². The van der Waals surface area contributed by atoms with Crippen LogP contribution in [-0.2, 0) is 20.4 Å². The van der Waals surface area contributed by atoms with E-state index >= 15 is 0 Å². The summed E-state index contributed by atoms with van der Waals surface area (Å²) in [6, 6.07) is 7.08. The summed E-state index contributed by atoms with van der Waals surface area (Å²) < 4.78 is 50.2. The summed E-state index contributed by atoms with van der Waals surface area (Å²) in [6.07, 6.45) is 0. The van der Waals surface area contributed by atoms with E-state index in [1.54, 1.807) is 6.07 Å². The van der Waals surface area contributed by atoms with Crippen molar-refractivity contribution >= 4 is 24.6 Å². The molecule has 0 atom stereocenters. The molecule has 0 amide bonds. The number of hydrogen-bond acceptors (Lipinski definition) is 4. The van der Waals surface area contributed by atoms with Gasteiger partial charge in [0, 0.05) is 5.56 Å². The van der Waals surface area contributed by atoms with Crippen molar-refractivity contribution in [2.75, 3.05) is 0 Å². The van der Waals surface area contributed by atoms with E-state index in [1.807, 2.05) is 0 Å². The zero-order valence-corrected chi connectivity index (χ0v) is 8.42. The Morgan fingerprint density at radius 1 is 1.14 bits per heavy atom. The molecule has 0 radical (unpaired) electrons. The number of hydrogen-bond donors (Lipinski definition) is 1. The molecule has 7 heteroatoms. The predicted molar refractivity (Wildman–Crippen MR) is 51.0 cm³/mol. The fourth-order valence-corrected chi connectivity index (χ4v) is 2.36. The van der Waals surface area contributed by atoms with Gasteiger partial charge in [-0.3, -0.25) is 4.55 Å². The molecule has 1 rings (SSSR count). The third-order valence-corrected chi connectivity index (χ3v) is 3.68. The van der Waals surface area contributed by atoms with Gasteiger partial charge in [0.25, 0.3) is 0 Å². The van der Waals surface area contributed by atoms with Gasteiger partial charge in [0.05, 0.1) is 0 Å². The van der Waals surface area contributed by atoms with Gasteiger partial charge in [-0.2, -0.15) is 16.8 Å². The van der Waals surface area contributed by atoms with E-state index in [9.17, 15) is 16.8 Å². The van der Waals surface area contributed by atoms with Gasteiger partial charge < -0.3 is 0 Å². The van der Waals surface area contributed by atoms with Crippen LogP contribution in [0.25, 0.3) is 0 Å². The maximum absolute atomic E-state index is 10.7. The summed E-state index contributed by atoms with van der Waals surface area (Å²) in [4.78, 5) is 0. The van der Waals surface area contributed by atoms with Crippen molar-refractivity contribution in [2.24, 2.45) is 0 Å². The molecule has 76 valence electrons. The Morgan fingerprint density at radius 2 is 1.64 bits per heavy atom. The molecule has 0 bridgehead atoms. The molecule has 0 saturated heterocycles. The zero-order chi connectivity index (χ0) is 10.8. The van der Waals surface area contributed by atoms with Gasteiger partial charge in [0.2, 0.25) is 14.5 Å². The molecular formula is C7H6O5S2. The second-order valence-electron chi connectivity index (χ2n) is 2.36. The van der Waals surface area contributed by atoms with Crippen LogP contribution in [-0.4, -0.2) is 25.6 Å². The van der Waals surface area contributed by atoms with Crippen LogP contribution in [0.3, 0.4) is 0 Å². The highest BCUT2D eigenvalue weighted by atomic mass is 32.3. The molecule has 1 aromatic rings. The van der Waals surface area contributed by atoms with E-state index in [2.05, 4.69) is 0 Å². The molecule has 0 aliphatic carbocycles. The van der Waals surface area contributed by atoms with Crippen LogP contribution in [0.1, 0.15) is 5.56 Å². The van der Waals surface area contributed by atoms with Gasteiger partial charge in [-0.05, 0) is 0 Å². The minimum Gasteiger partial charge on any atom is -0.281 e. The maximum Gasteiger partial charge on any atom is 0.310 e. The van der Waals surface area contributed by atoms with E-state index in [1.165, 1.54) is 24.3 Å². The Labute approximate surface area is 82.3 Å². The fourth-order valence-electron chi connectivity index (χ4n) is 0.905. The SMILES string of the molecule is O=S(=O)=C(c1ccccc1)S(=O)(=O)O. The van der Waals surface area contributed by atoms with Crippen molar-refractivity contribution < 1.29 is 21.4 Å². The summed E-state index contributed by atoms with van der Waals surface area (Å²) in [7, 11) is -7.71. The molecule has 0 aliphatic rings. The first kappa shape index (κ1) is 10.9. The van der Waals surface area contributed by atoms with Gasteiger partial charge in [-0.15, -0.1) is 0 Å². The summed E-state index contributed by atoms with van der Waals surface area (Å²) >= 11 is 0. The Bertz CT molecular complexity index is 545. The molecule has 0 unspecified atom stereocenters. The molecule has 0 saturated carbocycles. The summed E-state index contributed by atoms with van der Waals surface area (Å²) in [5.41, 5.74) is -0.0664. The summed E-state index contributed by atoms with van der Waals surface area (Å²) in [5, 5.41) is 0. The third kappa shape index (κ3) is 2.41. The molecule has 0 aromatic heterocycles. The van der Waals surface area contributed by atoms with Crippen LogP contribution in [0.15, 0.2) is 30.3 Å². The van der Waals surface area contributed by atoms with E-state index in [-0.39, 0.29) is 5.56 Å². The highest BCUT2D eigenvalue weighted by Gasteiger charge is 2.19. The second-order valence-corrected chi connectivity index (χ2v) is 4.86. The molecule has 1 aromatic carbocycles. The minimum absolute atomic E-state index is 0.0664.